The van der Waals surface area contributed by atoms with Gasteiger partial charge in [0.25, 0.3) is 0 Å². The summed E-state index contributed by atoms with van der Waals surface area (Å²) in [5.41, 5.74) is 39.5. The van der Waals surface area contributed by atoms with Gasteiger partial charge in [0.05, 0.1) is 21.7 Å². The molecule has 8 nitrogen and oxygen atoms in total. The zero-order chi connectivity index (χ0) is 103. The van der Waals surface area contributed by atoms with Crippen molar-refractivity contribution in [2.24, 2.45) is 23.7 Å². The van der Waals surface area contributed by atoms with Crippen LogP contribution in [-0.4, -0.2) is 97.5 Å². The van der Waals surface area contributed by atoms with Crippen molar-refractivity contribution in [1.29, 1.82) is 0 Å². The number of anilines is 4. The zero-order valence-electron chi connectivity index (χ0n) is 92.1. The average molecular weight is 1950 g/mol. The second-order valence-corrected chi connectivity index (χ2v) is 46.4. The van der Waals surface area contributed by atoms with Crippen LogP contribution in [0.1, 0.15) is 267 Å². The molecule has 766 valence electrons. The van der Waals surface area contributed by atoms with Crippen LogP contribution in [0.4, 0.5) is 45.5 Å². The van der Waals surface area contributed by atoms with Gasteiger partial charge in [0, 0.05) is 166 Å². The van der Waals surface area contributed by atoms with Crippen molar-refractivity contribution in [1.82, 2.24) is 0 Å². The van der Waals surface area contributed by atoms with E-state index >= 15 is 0 Å². The molecule has 8 heteroatoms. The Morgan fingerprint density at radius 1 is 0.288 bits per heavy atom. The van der Waals surface area contributed by atoms with Crippen molar-refractivity contribution >= 4 is 89.9 Å². The molecular formula is C138H178N8+4. The van der Waals surface area contributed by atoms with Gasteiger partial charge >= 0.3 is 0 Å². The molecule has 9 aliphatic rings. The van der Waals surface area contributed by atoms with Crippen LogP contribution >= 0.6 is 0 Å². The smallest absolute Gasteiger partial charge is 0.210 e. The summed E-state index contributed by atoms with van der Waals surface area (Å²) >= 11 is 0. The first-order valence-corrected chi connectivity index (χ1v) is 52.2. The van der Waals surface area contributed by atoms with Gasteiger partial charge in [0.2, 0.25) is 22.7 Å². The summed E-state index contributed by atoms with van der Waals surface area (Å²) in [7, 11) is 17.5. The minimum absolute atomic E-state index is 0. The highest BCUT2D eigenvalue weighted by molar-refractivity contribution is 6.09. The fourth-order valence-electron chi connectivity index (χ4n) is 24.5. The number of para-hydroxylation sites is 6. The molecule has 19 rings (SSSR count). The molecule has 8 aliphatic heterocycles. The van der Waals surface area contributed by atoms with Crippen molar-refractivity contribution < 1.29 is 18.3 Å². The number of hydrogen-bond acceptors (Lipinski definition) is 4. The lowest BCUT2D eigenvalue weighted by Crippen LogP contribution is -2.27. The molecule has 0 bridgehead atoms. The van der Waals surface area contributed by atoms with E-state index in [1.54, 1.807) is 0 Å². The van der Waals surface area contributed by atoms with E-state index in [1.165, 1.54) is 191 Å². The van der Waals surface area contributed by atoms with Crippen LogP contribution in [0.5, 0.6) is 0 Å². The third-order valence-electron chi connectivity index (χ3n) is 32.3. The molecular weight excluding hydrogens is 1770 g/mol. The lowest BCUT2D eigenvalue weighted by atomic mass is 9.78. The van der Waals surface area contributed by atoms with Crippen LogP contribution in [0.2, 0.25) is 0 Å². The van der Waals surface area contributed by atoms with Crippen molar-refractivity contribution in [3.8, 4) is 0 Å². The first-order chi connectivity index (χ1) is 67.1. The molecule has 0 saturated heterocycles. The zero-order valence-corrected chi connectivity index (χ0v) is 92.1. The minimum atomic E-state index is -0.0850. The van der Waals surface area contributed by atoms with Crippen LogP contribution in [-0.2, 0) is 43.3 Å². The van der Waals surface area contributed by atoms with Gasteiger partial charge in [-0.3, -0.25) is 0 Å². The molecule has 0 amide bonds. The molecule has 0 radical (unpaired) electrons. The first kappa shape index (κ1) is 114. The molecule has 0 saturated carbocycles. The van der Waals surface area contributed by atoms with E-state index in [4.69, 9.17) is 0 Å². The van der Waals surface area contributed by atoms with Gasteiger partial charge in [-0.1, -0.05) is 366 Å². The van der Waals surface area contributed by atoms with Crippen molar-refractivity contribution in [3.63, 3.8) is 0 Å². The summed E-state index contributed by atoms with van der Waals surface area (Å²) in [4.78, 5) is 9.40. The van der Waals surface area contributed by atoms with E-state index < -0.39 is 0 Å². The predicted molar refractivity (Wildman–Crippen MR) is 643 cm³/mol. The number of hydrogen-bond donors (Lipinski definition) is 0. The van der Waals surface area contributed by atoms with E-state index in [1.807, 2.05) is 0 Å². The van der Waals surface area contributed by atoms with Crippen LogP contribution in [0.25, 0.3) is 21.5 Å². The Hall–Kier alpha value is -12.8. The van der Waals surface area contributed by atoms with E-state index in [9.17, 15) is 0 Å². The van der Waals surface area contributed by atoms with Gasteiger partial charge in [-0.05, 0) is 225 Å². The summed E-state index contributed by atoms with van der Waals surface area (Å²) in [6.07, 6.45) is 42.8. The molecule has 0 unspecified atom stereocenters. The molecule has 0 spiro atoms. The molecule has 146 heavy (non-hydrogen) atoms. The molecule has 0 N–H and O–H groups in total. The molecule has 10 aromatic carbocycles. The second kappa shape index (κ2) is 44.5. The largest absolute Gasteiger partial charge is 0.347 e. The fraction of sp³-hybridized carbons (Fsp3) is 0.377. The third-order valence-corrected chi connectivity index (χ3v) is 32.3. The molecule has 0 aromatic heterocycles. The molecule has 8 heterocycles. The van der Waals surface area contributed by atoms with Gasteiger partial charge in [-0.15, -0.1) is 0 Å². The number of rotatable bonds is 15. The Morgan fingerprint density at radius 3 is 1.03 bits per heavy atom. The van der Waals surface area contributed by atoms with Crippen molar-refractivity contribution in [2.75, 3.05) is 76.0 Å². The number of benzene rings is 10. The maximum absolute atomic E-state index is 2.43. The van der Waals surface area contributed by atoms with Gasteiger partial charge in [0.1, 0.15) is 28.2 Å². The third kappa shape index (κ3) is 21.0. The van der Waals surface area contributed by atoms with Crippen LogP contribution in [0.15, 0.2) is 372 Å². The maximum atomic E-state index is 2.43. The topological polar surface area (TPSA) is 25.0 Å². The van der Waals surface area contributed by atoms with Crippen LogP contribution in [0, 0.1) is 23.7 Å². The number of nitrogens with zero attached hydrogens (tertiary/aromatic N) is 8. The summed E-state index contributed by atoms with van der Waals surface area (Å²) in [5.74, 6) is 2.18. The Labute approximate surface area is 884 Å². The van der Waals surface area contributed by atoms with Crippen LogP contribution < -0.4 is 19.6 Å². The summed E-state index contributed by atoms with van der Waals surface area (Å²) in [6.45, 7) is 57.7. The Bertz CT molecular complexity index is 7150. The molecule has 10 aromatic rings. The van der Waals surface area contributed by atoms with E-state index in [-0.39, 0.29) is 73.0 Å². The Kier molecular flexibility index (Phi) is 34.6. The van der Waals surface area contributed by atoms with Crippen molar-refractivity contribution in [2.45, 2.75) is 265 Å². The highest BCUT2D eigenvalue weighted by Crippen LogP contribution is 2.54. The van der Waals surface area contributed by atoms with Crippen molar-refractivity contribution in [3.05, 3.63) is 417 Å². The van der Waals surface area contributed by atoms with Gasteiger partial charge in [0.15, 0.2) is 22.8 Å². The lowest BCUT2D eigenvalue weighted by molar-refractivity contribution is -0.401. The Balaban J connectivity index is 0.000000182. The SMILES string of the molecule is C.C.C.C.CC(C)C.CC(C)C(/C=C/C1=[N+](C)c2ccc3ccccc3c2C1(C)C)=C\C=C1/N(C)c2ccc3ccccc3c2C1(C)C.CC(C)C(/C=C/C1=[N+](C)c2ccccc2C1(C)C)=C\C=C1/N(C)c2ccccc2C1(C)C.CC(C)C1=C(/C=C/C2=[N+](C)c3ccccc3C2(C)C)CCC/C1=C\C=C1\N(C)c2ccccc2C1(C)C.CN1\C(=C/C=C/C=C/C2=[N+](C)c3ccccc3C2(C)C)C(C)(C)c2ccccc21. The fourth-order valence-corrected chi connectivity index (χ4v) is 24.5. The average Bonchev–Trinajstić information content (AvgIpc) is 1.57. The standard InChI is InChI=1S/C38H41N2.C35H43N2.C30H37N2.C27H31N2.C4H10.4CH4/c1-25(2)26(19-23-33-37(3,4)35-29-15-11-9-13-27(29)17-21-31(35)39(33)7)20-24-34-38(5,6)36-30-16-12-10-14-28(30)18-22-32(36)40(34)8;1-24(2)33-25(20-22-31-34(3,4)27-16-9-11-18-29(27)36(31)7)14-13-15-26(33)21-23-32-35(5,6)28-17-10-12-19-30(28)37(32)8;1-21(2)22(17-19-27-29(3,4)23-13-9-11-15-25(23)31(27)7)18-20-28-30(5,6)24-14-10-12-16-26(24)32(28)8;1-26(2)20-14-10-12-16-22(20)28(5)24(26)18-8-7-9-19-25-27(3,4)21-15-11-13-17-23(21)29(25)6;1-4(2)3;;;;/h9-25H,1-8H3;9-12,16-24H,13-15H2,1-8H3;9-21H,1-8H3;7-19H,1-6H3;4H,1-3H3;4*1H4/q4*+1;;;;;. The van der Waals surface area contributed by atoms with Crippen LogP contribution in [0.3, 0.4) is 0 Å². The summed E-state index contributed by atoms with van der Waals surface area (Å²) in [5, 5.41) is 5.31. The van der Waals surface area contributed by atoms with Gasteiger partial charge in [-0.25, -0.2) is 0 Å². The minimum Gasteiger partial charge on any atom is -0.347 e. The monoisotopic (exact) mass is 1950 g/mol. The predicted octanol–water partition coefficient (Wildman–Crippen LogP) is 35.5. The van der Waals surface area contributed by atoms with Gasteiger partial charge < -0.3 is 19.6 Å². The number of fused-ring (bicyclic) bond motifs is 12. The normalized spacial score (nSPS) is 19.9. The summed E-state index contributed by atoms with van der Waals surface area (Å²) in [6, 6.07) is 79.1. The molecule has 1 aliphatic carbocycles. The molecule has 0 fully saturated rings. The van der Waals surface area contributed by atoms with Gasteiger partial charge in [-0.2, -0.15) is 18.3 Å². The quantitative estimate of drug-likeness (QED) is 0.0754. The summed E-state index contributed by atoms with van der Waals surface area (Å²) < 4.78 is 9.40. The highest BCUT2D eigenvalue weighted by atomic mass is 15.2. The number of likely N-dealkylation sites (N-methyl/N-ethyl adjacent to an activating group) is 4. The van der Waals surface area contributed by atoms with E-state index in [0.717, 1.165) is 18.8 Å². The van der Waals surface area contributed by atoms with E-state index in [0.29, 0.717) is 17.8 Å². The number of allylic oxidation sites excluding steroid dienone is 26. The first-order valence-electron chi connectivity index (χ1n) is 52.2. The molecule has 0 atom stereocenters. The second-order valence-electron chi connectivity index (χ2n) is 46.4. The lowest BCUT2D eigenvalue weighted by Gasteiger charge is -2.26. The highest BCUT2D eigenvalue weighted by Gasteiger charge is 2.49. The van der Waals surface area contributed by atoms with E-state index in [2.05, 4.69) is 589 Å². The maximum Gasteiger partial charge on any atom is 0.210 e. The Morgan fingerprint density at radius 2 is 0.623 bits per heavy atom.